The molecule has 0 aliphatic heterocycles. The first-order chi connectivity index (χ1) is 6.74. The molecule has 0 fully saturated rings. The van der Waals surface area contributed by atoms with Crippen LogP contribution in [0.15, 0.2) is 18.5 Å². The van der Waals surface area contributed by atoms with Crippen LogP contribution in [0.25, 0.3) is 11.0 Å². The lowest BCUT2D eigenvalue weighted by Gasteiger charge is -2.00. The Kier molecular flexibility index (Phi) is 1.72. The summed E-state index contributed by atoms with van der Waals surface area (Å²) in [5.41, 5.74) is 6.59. The van der Waals surface area contributed by atoms with Gasteiger partial charge in [0.25, 0.3) is 5.91 Å². The first kappa shape index (κ1) is 8.32. The normalized spacial score (nSPS) is 9.93. The van der Waals surface area contributed by atoms with Crippen LogP contribution in [-0.4, -0.2) is 15.9 Å². The summed E-state index contributed by atoms with van der Waals surface area (Å²) in [6.07, 6.45) is 8.41. The number of nitrogens with two attached hydrogens (primary N) is 1. The number of aromatic amines is 1. The molecule has 0 aromatic carbocycles. The van der Waals surface area contributed by atoms with E-state index in [0.717, 1.165) is 5.39 Å². The van der Waals surface area contributed by atoms with E-state index in [1.807, 2.05) is 0 Å². The number of rotatable bonds is 1. The maximum atomic E-state index is 11.0. The number of hydrogen-bond acceptors (Lipinski definition) is 2. The number of fused-ring (bicyclic) bond motifs is 1. The van der Waals surface area contributed by atoms with Gasteiger partial charge >= 0.3 is 0 Å². The fourth-order valence-corrected chi connectivity index (χ4v) is 1.35. The molecule has 4 heteroatoms. The molecule has 0 radical (unpaired) electrons. The molecule has 0 saturated heterocycles. The van der Waals surface area contributed by atoms with Gasteiger partial charge in [-0.05, 0) is 6.07 Å². The van der Waals surface area contributed by atoms with E-state index in [1.165, 1.54) is 6.20 Å². The van der Waals surface area contributed by atoms with E-state index in [2.05, 4.69) is 15.9 Å². The highest BCUT2D eigenvalue weighted by Crippen LogP contribution is 2.17. The van der Waals surface area contributed by atoms with Gasteiger partial charge in [0, 0.05) is 23.3 Å². The van der Waals surface area contributed by atoms with Crippen LogP contribution >= 0.6 is 0 Å². The van der Waals surface area contributed by atoms with Crippen LogP contribution in [0.4, 0.5) is 0 Å². The molecule has 2 rings (SSSR count). The fraction of sp³-hybridized carbons (Fsp3) is 0. The molecule has 0 bridgehead atoms. The van der Waals surface area contributed by atoms with E-state index in [0.29, 0.717) is 11.2 Å². The number of nitrogens with one attached hydrogen (secondary N) is 1. The number of carbonyl (C=O) groups excluding carboxylic acids is 1. The molecule has 2 heterocycles. The van der Waals surface area contributed by atoms with Crippen molar-refractivity contribution in [3.8, 4) is 12.3 Å². The third-order valence-corrected chi connectivity index (χ3v) is 2.00. The average molecular weight is 185 g/mol. The van der Waals surface area contributed by atoms with Gasteiger partial charge in [-0.1, -0.05) is 5.92 Å². The molecule has 1 amide bonds. The van der Waals surface area contributed by atoms with E-state index >= 15 is 0 Å². The minimum atomic E-state index is -0.562. The van der Waals surface area contributed by atoms with Crippen molar-refractivity contribution in [2.24, 2.45) is 5.73 Å². The highest BCUT2D eigenvalue weighted by Gasteiger charge is 2.11. The summed E-state index contributed by atoms with van der Waals surface area (Å²) in [5.74, 6) is 1.88. The van der Waals surface area contributed by atoms with Crippen molar-refractivity contribution in [3.63, 3.8) is 0 Å². The minimum Gasteiger partial charge on any atom is -0.366 e. The molecular weight excluding hydrogens is 178 g/mol. The second-order valence-corrected chi connectivity index (χ2v) is 2.80. The molecule has 4 nitrogen and oxygen atoms in total. The third kappa shape index (κ3) is 1.04. The molecule has 0 atom stereocenters. The molecule has 3 N–H and O–H groups in total. The van der Waals surface area contributed by atoms with Crippen LogP contribution in [0.2, 0.25) is 0 Å². The summed E-state index contributed by atoms with van der Waals surface area (Å²) >= 11 is 0. The third-order valence-electron chi connectivity index (χ3n) is 2.00. The quantitative estimate of drug-likeness (QED) is 0.640. The van der Waals surface area contributed by atoms with Gasteiger partial charge in [0.2, 0.25) is 0 Å². The van der Waals surface area contributed by atoms with E-state index < -0.39 is 5.91 Å². The largest absolute Gasteiger partial charge is 0.366 e. The van der Waals surface area contributed by atoms with Crippen molar-refractivity contribution in [1.29, 1.82) is 0 Å². The highest BCUT2D eigenvalue weighted by molar-refractivity contribution is 6.00. The number of terminal acetylenes is 1. The maximum Gasteiger partial charge on any atom is 0.251 e. The Morgan fingerprint density at radius 3 is 3.07 bits per heavy atom. The van der Waals surface area contributed by atoms with Gasteiger partial charge in [-0.15, -0.1) is 6.42 Å². The zero-order valence-corrected chi connectivity index (χ0v) is 7.24. The van der Waals surface area contributed by atoms with E-state index in [9.17, 15) is 4.79 Å². The van der Waals surface area contributed by atoms with Gasteiger partial charge in [0.15, 0.2) is 0 Å². The number of primary amides is 1. The van der Waals surface area contributed by atoms with Crippen molar-refractivity contribution >= 4 is 16.9 Å². The number of nitrogens with zero attached hydrogens (tertiary/aromatic N) is 1. The predicted molar refractivity (Wildman–Crippen MR) is 52.5 cm³/mol. The first-order valence-electron chi connectivity index (χ1n) is 3.96. The van der Waals surface area contributed by atoms with Gasteiger partial charge < -0.3 is 10.7 Å². The number of hydrogen-bond donors (Lipinski definition) is 2. The summed E-state index contributed by atoms with van der Waals surface area (Å²) in [6.45, 7) is 0. The molecule has 0 saturated carbocycles. The molecule has 68 valence electrons. The molecule has 2 aromatic rings. The summed E-state index contributed by atoms with van der Waals surface area (Å²) in [6, 6.07) is 1.77. The van der Waals surface area contributed by atoms with Crippen molar-refractivity contribution in [1.82, 2.24) is 9.97 Å². The molecule has 0 aliphatic carbocycles. The molecule has 2 aromatic heterocycles. The SMILES string of the molecule is C#Cc1c(C(N)=O)cnc2[nH]ccc12. The van der Waals surface area contributed by atoms with Gasteiger partial charge in [-0.3, -0.25) is 4.79 Å². The van der Waals surface area contributed by atoms with Crippen LogP contribution < -0.4 is 5.73 Å². The smallest absolute Gasteiger partial charge is 0.251 e. The van der Waals surface area contributed by atoms with Crippen molar-refractivity contribution in [2.45, 2.75) is 0 Å². The molecule has 0 unspecified atom stereocenters. The number of pyridine rings is 1. The highest BCUT2D eigenvalue weighted by atomic mass is 16.1. The van der Waals surface area contributed by atoms with Crippen molar-refractivity contribution in [3.05, 3.63) is 29.6 Å². The summed E-state index contributed by atoms with van der Waals surface area (Å²) in [5, 5.41) is 0.740. The monoisotopic (exact) mass is 185 g/mol. The number of H-pyrrole nitrogens is 1. The Bertz CT molecular complexity index is 548. The van der Waals surface area contributed by atoms with E-state index in [4.69, 9.17) is 12.2 Å². The zero-order valence-electron chi connectivity index (χ0n) is 7.24. The Morgan fingerprint density at radius 1 is 1.64 bits per heavy atom. The van der Waals surface area contributed by atoms with Crippen LogP contribution in [0.5, 0.6) is 0 Å². The molecule has 0 spiro atoms. The van der Waals surface area contributed by atoms with Gasteiger partial charge in [0.1, 0.15) is 5.65 Å². The summed E-state index contributed by atoms with van der Waals surface area (Å²) in [7, 11) is 0. The zero-order chi connectivity index (χ0) is 10.1. The van der Waals surface area contributed by atoms with Crippen molar-refractivity contribution in [2.75, 3.05) is 0 Å². The average Bonchev–Trinajstić information content (AvgIpc) is 2.63. The Labute approximate surface area is 80.1 Å². The van der Waals surface area contributed by atoms with E-state index in [-0.39, 0.29) is 5.56 Å². The van der Waals surface area contributed by atoms with Crippen LogP contribution in [-0.2, 0) is 0 Å². The van der Waals surface area contributed by atoms with Crippen LogP contribution in [0.3, 0.4) is 0 Å². The van der Waals surface area contributed by atoms with E-state index in [1.54, 1.807) is 12.3 Å². The van der Waals surface area contributed by atoms with Gasteiger partial charge in [-0.2, -0.15) is 0 Å². The van der Waals surface area contributed by atoms with Gasteiger partial charge in [-0.25, -0.2) is 4.98 Å². The number of carbonyl (C=O) groups is 1. The molecule has 0 aliphatic rings. The maximum absolute atomic E-state index is 11.0. The lowest BCUT2D eigenvalue weighted by molar-refractivity contribution is 0.1000. The summed E-state index contributed by atoms with van der Waals surface area (Å²) in [4.78, 5) is 17.9. The standard InChI is InChI=1S/C10H7N3O/c1-2-6-7-3-4-12-10(7)13-5-8(6)9(11)14/h1,3-5H,(H2,11,14)(H,12,13). The first-order valence-corrected chi connectivity index (χ1v) is 3.96. The Hall–Kier alpha value is -2.28. The second-order valence-electron chi connectivity index (χ2n) is 2.80. The minimum absolute atomic E-state index is 0.277. The Balaban J connectivity index is 2.87. The van der Waals surface area contributed by atoms with Gasteiger partial charge in [0.05, 0.1) is 5.56 Å². The number of amides is 1. The molecular formula is C10H7N3O. The topological polar surface area (TPSA) is 71.8 Å². The lowest BCUT2D eigenvalue weighted by atomic mass is 10.1. The number of aromatic nitrogens is 2. The molecule has 14 heavy (non-hydrogen) atoms. The second kappa shape index (κ2) is 2.89. The predicted octanol–water partition coefficient (Wildman–Crippen LogP) is 0.643. The van der Waals surface area contributed by atoms with Crippen molar-refractivity contribution < 1.29 is 4.79 Å². The summed E-state index contributed by atoms with van der Waals surface area (Å²) < 4.78 is 0. The van der Waals surface area contributed by atoms with Crippen LogP contribution in [0.1, 0.15) is 15.9 Å². The fourth-order valence-electron chi connectivity index (χ4n) is 1.35. The van der Waals surface area contributed by atoms with Crippen LogP contribution in [0, 0.1) is 12.3 Å². The lowest BCUT2D eigenvalue weighted by Crippen LogP contribution is -2.13. The Morgan fingerprint density at radius 2 is 2.43 bits per heavy atom.